The standard InChI is InChI=1S/2C8H11O.2ClH.Zr/c2*1-9-7-6-8-4-2-3-5-8;;;/h2*2-5H,6-7H2,1H3;2*1H;/q2*-1;;;+4/p-2. The summed E-state index contributed by atoms with van der Waals surface area (Å²) in [6.45, 7) is 1.65. The van der Waals surface area contributed by atoms with Crippen LogP contribution in [0.2, 0.25) is 0 Å². The van der Waals surface area contributed by atoms with Crippen LogP contribution in [0.5, 0.6) is 0 Å². The van der Waals surface area contributed by atoms with Crippen molar-refractivity contribution in [3.8, 4) is 0 Å². The number of ether oxygens (including phenoxy) is 2. The van der Waals surface area contributed by atoms with Crippen molar-refractivity contribution in [2.45, 2.75) is 12.8 Å². The van der Waals surface area contributed by atoms with E-state index >= 15 is 0 Å². The van der Waals surface area contributed by atoms with Crippen LogP contribution in [0.4, 0.5) is 0 Å². The summed E-state index contributed by atoms with van der Waals surface area (Å²) in [5.41, 5.74) is 2.72. The van der Waals surface area contributed by atoms with Crippen LogP contribution in [-0.2, 0) is 48.5 Å². The number of methoxy groups -OCH3 is 2. The molecular weight excluding hydrogens is 386 g/mol. The first-order valence-corrected chi connectivity index (χ1v) is 6.26. The van der Waals surface area contributed by atoms with Gasteiger partial charge in [-0.05, 0) is 0 Å². The van der Waals surface area contributed by atoms with Gasteiger partial charge in [0.2, 0.25) is 0 Å². The first kappa shape index (κ1) is 26.0. The number of halogens is 2. The van der Waals surface area contributed by atoms with Crippen LogP contribution in [0.3, 0.4) is 0 Å². The van der Waals surface area contributed by atoms with Crippen molar-refractivity contribution in [2.24, 2.45) is 0 Å². The fourth-order valence-corrected chi connectivity index (χ4v) is 1.60. The van der Waals surface area contributed by atoms with Crippen LogP contribution >= 0.6 is 0 Å². The van der Waals surface area contributed by atoms with Crippen LogP contribution < -0.4 is 24.8 Å². The number of hydrogen-bond donors (Lipinski definition) is 0. The minimum Gasteiger partial charge on any atom is -1.00 e. The Bertz CT molecular complexity index is 337. The van der Waals surface area contributed by atoms with Gasteiger partial charge in [0.25, 0.3) is 0 Å². The first-order valence-electron chi connectivity index (χ1n) is 6.26. The van der Waals surface area contributed by atoms with Gasteiger partial charge in [0.15, 0.2) is 0 Å². The minimum absolute atomic E-state index is 0. The maximum Gasteiger partial charge on any atom is 4.00 e. The van der Waals surface area contributed by atoms with E-state index in [1.165, 1.54) is 11.1 Å². The number of hydrogen-bond acceptors (Lipinski definition) is 2. The molecule has 0 unspecified atom stereocenters. The summed E-state index contributed by atoms with van der Waals surface area (Å²) in [4.78, 5) is 0. The van der Waals surface area contributed by atoms with Gasteiger partial charge in [-0.15, -0.1) is 0 Å². The summed E-state index contributed by atoms with van der Waals surface area (Å²) in [6, 6.07) is 16.6. The second kappa shape index (κ2) is 18.1. The molecule has 0 spiro atoms. The van der Waals surface area contributed by atoms with E-state index in [1.807, 2.05) is 24.3 Å². The summed E-state index contributed by atoms with van der Waals surface area (Å²) in [6.07, 6.45) is 2.06. The summed E-state index contributed by atoms with van der Waals surface area (Å²) in [7, 11) is 3.45. The Morgan fingerprint density at radius 2 is 0.952 bits per heavy atom. The topological polar surface area (TPSA) is 18.5 Å². The zero-order valence-corrected chi connectivity index (χ0v) is 16.5. The van der Waals surface area contributed by atoms with E-state index in [1.54, 1.807) is 14.2 Å². The monoisotopic (exact) mass is 406 g/mol. The van der Waals surface area contributed by atoms with Gasteiger partial charge in [0.1, 0.15) is 0 Å². The SMILES string of the molecule is COCC[c-]1cccc1.COCC[c-]1cccc1.[Cl-].[Cl-].[Zr+4]. The maximum absolute atomic E-state index is 4.92. The molecule has 0 atom stereocenters. The molecule has 0 aliphatic carbocycles. The molecule has 0 aliphatic heterocycles. The fourth-order valence-electron chi connectivity index (χ4n) is 1.60. The molecule has 0 saturated carbocycles. The van der Waals surface area contributed by atoms with E-state index in [-0.39, 0.29) is 51.0 Å². The van der Waals surface area contributed by atoms with Crippen molar-refractivity contribution in [3.63, 3.8) is 0 Å². The molecule has 0 aliphatic rings. The van der Waals surface area contributed by atoms with E-state index in [4.69, 9.17) is 9.47 Å². The van der Waals surface area contributed by atoms with E-state index in [0.29, 0.717) is 0 Å². The smallest absolute Gasteiger partial charge is 1.00 e. The molecule has 0 heterocycles. The van der Waals surface area contributed by atoms with Gasteiger partial charge in [-0.2, -0.15) is 35.4 Å². The average molecular weight is 408 g/mol. The Labute approximate surface area is 159 Å². The normalized spacial score (nSPS) is 8.48. The predicted octanol–water partition coefficient (Wildman–Crippen LogP) is -2.81. The molecule has 2 nitrogen and oxygen atoms in total. The van der Waals surface area contributed by atoms with E-state index in [9.17, 15) is 0 Å². The molecule has 0 aromatic heterocycles. The third kappa shape index (κ3) is 13.5. The quantitative estimate of drug-likeness (QED) is 0.481. The minimum atomic E-state index is 0. The van der Waals surface area contributed by atoms with Crippen LogP contribution in [-0.4, -0.2) is 27.4 Å². The molecule has 0 bridgehead atoms. The van der Waals surface area contributed by atoms with Gasteiger partial charge in [0, 0.05) is 27.4 Å². The van der Waals surface area contributed by atoms with Gasteiger partial charge in [-0.1, -0.05) is 12.8 Å². The predicted molar refractivity (Wildman–Crippen MR) is 75.2 cm³/mol. The molecule has 0 fully saturated rings. The molecule has 2 aromatic carbocycles. The summed E-state index contributed by atoms with van der Waals surface area (Å²) >= 11 is 0. The summed E-state index contributed by atoms with van der Waals surface area (Å²) in [5.74, 6) is 0. The van der Waals surface area contributed by atoms with Crippen molar-refractivity contribution < 1.29 is 60.5 Å². The summed E-state index contributed by atoms with van der Waals surface area (Å²) < 4.78 is 9.83. The van der Waals surface area contributed by atoms with Crippen molar-refractivity contribution in [3.05, 3.63) is 59.7 Å². The Balaban J connectivity index is -0.000000270. The van der Waals surface area contributed by atoms with Crippen molar-refractivity contribution in [1.29, 1.82) is 0 Å². The van der Waals surface area contributed by atoms with Crippen LogP contribution in [0.25, 0.3) is 0 Å². The molecule has 116 valence electrons. The molecule has 0 radical (unpaired) electrons. The zero-order chi connectivity index (χ0) is 13.1. The Kier molecular flexibility index (Phi) is 22.5. The van der Waals surface area contributed by atoms with E-state index in [2.05, 4.69) is 24.3 Å². The summed E-state index contributed by atoms with van der Waals surface area (Å²) in [5, 5.41) is 0. The molecule has 0 N–H and O–H groups in total. The van der Waals surface area contributed by atoms with Crippen molar-refractivity contribution in [1.82, 2.24) is 0 Å². The number of rotatable bonds is 6. The Morgan fingerprint density at radius 3 is 1.19 bits per heavy atom. The largest absolute Gasteiger partial charge is 4.00 e. The maximum atomic E-state index is 4.92. The van der Waals surface area contributed by atoms with E-state index in [0.717, 1.165) is 26.1 Å². The third-order valence-electron chi connectivity index (χ3n) is 2.65. The van der Waals surface area contributed by atoms with Gasteiger partial charge in [-0.3, -0.25) is 0 Å². The molecule has 5 heteroatoms. The van der Waals surface area contributed by atoms with Crippen molar-refractivity contribution in [2.75, 3.05) is 27.4 Å². The molecule has 0 amide bonds. The fraction of sp³-hybridized carbons (Fsp3) is 0.375. The molecule has 2 rings (SSSR count). The van der Waals surface area contributed by atoms with Crippen molar-refractivity contribution >= 4 is 0 Å². The van der Waals surface area contributed by atoms with Gasteiger partial charge < -0.3 is 34.3 Å². The Morgan fingerprint density at radius 1 is 0.667 bits per heavy atom. The van der Waals surface area contributed by atoms with Gasteiger partial charge >= 0.3 is 26.2 Å². The second-order valence-corrected chi connectivity index (χ2v) is 4.07. The molecular formula is C16H22Cl2O2Zr. The Hall–Kier alpha value is 0.0831. The molecule has 2 aromatic rings. The van der Waals surface area contributed by atoms with Crippen LogP contribution in [0, 0.1) is 0 Å². The zero-order valence-electron chi connectivity index (χ0n) is 12.5. The van der Waals surface area contributed by atoms with Crippen LogP contribution in [0.15, 0.2) is 48.5 Å². The average Bonchev–Trinajstić information content (AvgIpc) is 3.07. The van der Waals surface area contributed by atoms with Gasteiger partial charge in [-0.25, -0.2) is 24.3 Å². The van der Waals surface area contributed by atoms with E-state index < -0.39 is 0 Å². The first-order chi connectivity index (χ1) is 8.86. The second-order valence-electron chi connectivity index (χ2n) is 4.07. The van der Waals surface area contributed by atoms with Gasteiger partial charge in [0.05, 0.1) is 0 Å². The molecule has 0 saturated heterocycles. The van der Waals surface area contributed by atoms with Crippen LogP contribution in [0.1, 0.15) is 11.1 Å². The molecule has 21 heavy (non-hydrogen) atoms. The third-order valence-corrected chi connectivity index (χ3v) is 2.65.